The van der Waals surface area contributed by atoms with Crippen molar-refractivity contribution in [2.45, 2.75) is 32.2 Å². The molecule has 3 aromatic rings. The molecule has 1 atom stereocenters. The van der Waals surface area contributed by atoms with Crippen molar-refractivity contribution < 1.29 is 13.6 Å². The molecule has 5 heteroatoms. The molecule has 1 aliphatic rings. The number of aryl methyl sites for hydroxylation is 1. The maximum Gasteiger partial charge on any atom is 0.227 e. The van der Waals surface area contributed by atoms with Gasteiger partial charge in [-0.2, -0.15) is 0 Å². The summed E-state index contributed by atoms with van der Waals surface area (Å²) in [6.07, 6.45) is 1.75. The van der Waals surface area contributed by atoms with Crippen molar-refractivity contribution in [3.8, 4) is 11.1 Å². The molecule has 0 aliphatic carbocycles. The van der Waals surface area contributed by atoms with Crippen LogP contribution in [-0.4, -0.2) is 22.3 Å². The van der Waals surface area contributed by atoms with Gasteiger partial charge in [0.15, 0.2) is 0 Å². The highest BCUT2D eigenvalue weighted by molar-refractivity contribution is 5.79. The molecular formula is C24H22F2N2O. The van der Waals surface area contributed by atoms with E-state index >= 15 is 0 Å². The summed E-state index contributed by atoms with van der Waals surface area (Å²) < 4.78 is 27.2. The van der Waals surface area contributed by atoms with Crippen LogP contribution in [0.1, 0.15) is 35.8 Å². The van der Waals surface area contributed by atoms with Crippen molar-refractivity contribution in [2.75, 3.05) is 6.54 Å². The van der Waals surface area contributed by atoms with Gasteiger partial charge in [0.05, 0.1) is 18.2 Å². The average Bonchev–Trinajstić information content (AvgIpc) is 3.20. The molecule has 2 heterocycles. The molecule has 29 heavy (non-hydrogen) atoms. The molecule has 0 bridgehead atoms. The van der Waals surface area contributed by atoms with Crippen LogP contribution in [-0.2, 0) is 11.2 Å². The second kappa shape index (κ2) is 8.11. The summed E-state index contributed by atoms with van der Waals surface area (Å²) >= 11 is 0. The number of carbonyl (C=O) groups excluding carboxylic acids is 1. The number of hydrogen-bond acceptors (Lipinski definition) is 2. The lowest BCUT2D eigenvalue weighted by atomic mass is 10.0. The quantitative estimate of drug-likeness (QED) is 0.608. The normalized spacial score (nSPS) is 16.2. The van der Waals surface area contributed by atoms with Crippen molar-refractivity contribution >= 4 is 5.91 Å². The highest BCUT2D eigenvalue weighted by Gasteiger charge is 2.31. The van der Waals surface area contributed by atoms with Gasteiger partial charge in [0.25, 0.3) is 0 Å². The van der Waals surface area contributed by atoms with Crippen LogP contribution in [0.25, 0.3) is 11.1 Å². The number of hydrogen-bond donors (Lipinski definition) is 0. The fourth-order valence-corrected chi connectivity index (χ4v) is 3.95. The largest absolute Gasteiger partial charge is 0.334 e. The van der Waals surface area contributed by atoms with E-state index in [2.05, 4.69) is 4.98 Å². The first kappa shape index (κ1) is 19.2. The summed E-state index contributed by atoms with van der Waals surface area (Å²) in [7, 11) is 0. The maximum absolute atomic E-state index is 14.0. The lowest BCUT2D eigenvalue weighted by Crippen LogP contribution is -2.32. The van der Waals surface area contributed by atoms with Crippen molar-refractivity contribution in [1.29, 1.82) is 0 Å². The van der Waals surface area contributed by atoms with Crippen LogP contribution in [0.2, 0.25) is 0 Å². The third-order valence-electron chi connectivity index (χ3n) is 5.36. The summed E-state index contributed by atoms with van der Waals surface area (Å²) in [5.41, 5.74) is 3.92. The zero-order valence-electron chi connectivity index (χ0n) is 16.2. The first-order chi connectivity index (χ1) is 14.0. The topological polar surface area (TPSA) is 33.2 Å². The van der Waals surface area contributed by atoms with Gasteiger partial charge in [-0.25, -0.2) is 8.78 Å². The van der Waals surface area contributed by atoms with Gasteiger partial charge in [0.1, 0.15) is 11.6 Å². The fraction of sp³-hybridized carbons (Fsp3) is 0.250. The molecule has 3 nitrogen and oxygen atoms in total. The molecule has 1 saturated heterocycles. The number of likely N-dealkylation sites (tertiary alicyclic amines) is 1. The zero-order chi connectivity index (χ0) is 20.4. The standard InChI is InChI=1S/C24H22F2N2O/c1-16-13-19(17-8-10-20(25)11-9-17)14-22(27-16)23-7-4-12-28(23)24(29)15-18-5-2-3-6-21(18)26/h2-3,5-6,8-11,13-14,23H,4,7,12,15H2,1H3/t23-/m0/s1. The first-order valence-electron chi connectivity index (χ1n) is 9.78. The van der Waals surface area contributed by atoms with Gasteiger partial charge in [0, 0.05) is 12.2 Å². The highest BCUT2D eigenvalue weighted by atomic mass is 19.1. The second-order valence-electron chi connectivity index (χ2n) is 7.44. The summed E-state index contributed by atoms with van der Waals surface area (Å²) in [5.74, 6) is -0.728. The predicted molar refractivity (Wildman–Crippen MR) is 108 cm³/mol. The molecule has 1 aromatic heterocycles. The molecule has 1 amide bonds. The number of amides is 1. The molecule has 0 spiro atoms. The van der Waals surface area contributed by atoms with E-state index in [0.717, 1.165) is 35.4 Å². The maximum atomic E-state index is 14.0. The van der Waals surface area contributed by atoms with Crippen LogP contribution in [0, 0.1) is 18.6 Å². The Bertz CT molecular complexity index is 1030. The van der Waals surface area contributed by atoms with Crippen LogP contribution in [0.4, 0.5) is 8.78 Å². The molecule has 2 aromatic carbocycles. The van der Waals surface area contributed by atoms with Crippen molar-refractivity contribution in [3.63, 3.8) is 0 Å². The van der Waals surface area contributed by atoms with E-state index < -0.39 is 0 Å². The third-order valence-corrected chi connectivity index (χ3v) is 5.36. The Morgan fingerprint density at radius 3 is 2.59 bits per heavy atom. The smallest absolute Gasteiger partial charge is 0.227 e. The Balaban J connectivity index is 1.61. The predicted octanol–water partition coefficient (Wildman–Crippen LogP) is 5.24. The molecule has 0 saturated carbocycles. The van der Waals surface area contributed by atoms with Gasteiger partial charge < -0.3 is 4.90 Å². The van der Waals surface area contributed by atoms with Crippen molar-refractivity contribution in [3.05, 3.63) is 89.2 Å². The summed E-state index contributed by atoms with van der Waals surface area (Å²) in [6.45, 7) is 2.55. The minimum Gasteiger partial charge on any atom is -0.334 e. The number of halogens is 2. The molecule has 1 fully saturated rings. The van der Waals surface area contributed by atoms with Crippen LogP contribution in [0.3, 0.4) is 0 Å². The SMILES string of the molecule is Cc1cc(-c2ccc(F)cc2)cc([C@@H]2CCCN2C(=O)Cc2ccccc2F)n1. The minimum absolute atomic E-state index is 0.0415. The number of benzene rings is 2. The molecular weight excluding hydrogens is 370 g/mol. The van der Waals surface area contributed by atoms with Gasteiger partial charge in [0.2, 0.25) is 5.91 Å². The fourth-order valence-electron chi connectivity index (χ4n) is 3.95. The molecule has 4 rings (SSSR count). The monoisotopic (exact) mass is 392 g/mol. The average molecular weight is 392 g/mol. The van der Waals surface area contributed by atoms with Gasteiger partial charge in [-0.1, -0.05) is 30.3 Å². The Morgan fingerprint density at radius 1 is 1.07 bits per heavy atom. The molecule has 1 aliphatic heterocycles. The highest BCUT2D eigenvalue weighted by Crippen LogP contribution is 2.34. The number of rotatable bonds is 4. The first-order valence-corrected chi connectivity index (χ1v) is 9.78. The summed E-state index contributed by atoms with van der Waals surface area (Å²) in [6, 6.07) is 16.5. The van der Waals surface area contributed by atoms with E-state index in [-0.39, 0.29) is 30.0 Å². The molecule has 0 radical (unpaired) electrons. The van der Waals surface area contributed by atoms with Gasteiger partial charge in [-0.05, 0) is 66.8 Å². The zero-order valence-corrected chi connectivity index (χ0v) is 16.2. The van der Waals surface area contributed by atoms with E-state index in [4.69, 9.17) is 0 Å². The van der Waals surface area contributed by atoms with Gasteiger partial charge in [-0.15, -0.1) is 0 Å². The van der Waals surface area contributed by atoms with E-state index in [1.807, 2.05) is 24.0 Å². The number of carbonyl (C=O) groups is 1. The van der Waals surface area contributed by atoms with E-state index in [9.17, 15) is 13.6 Å². The minimum atomic E-state index is -0.358. The van der Waals surface area contributed by atoms with E-state index in [0.29, 0.717) is 12.1 Å². The van der Waals surface area contributed by atoms with E-state index in [1.165, 1.54) is 18.2 Å². The summed E-state index contributed by atoms with van der Waals surface area (Å²) in [5, 5.41) is 0. The van der Waals surface area contributed by atoms with Gasteiger partial charge >= 0.3 is 0 Å². The Hall–Kier alpha value is -3.08. The number of nitrogens with zero attached hydrogens (tertiary/aromatic N) is 2. The van der Waals surface area contributed by atoms with E-state index in [1.54, 1.807) is 30.3 Å². The van der Waals surface area contributed by atoms with Gasteiger partial charge in [-0.3, -0.25) is 9.78 Å². The second-order valence-corrected chi connectivity index (χ2v) is 7.44. The van der Waals surface area contributed by atoms with Crippen LogP contribution >= 0.6 is 0 Å². The van der Waals surface area contributed by atoms with Crippen molar-refractivity contribution in [1.82, 2.24) is 9.88 Å². The lowest BCUT2D eigenvalue weighted by Gasteiger charge is -2.25. The number of pyridine rings is 1. The van der Waals surface area contributed by atoms with Crippen LogP contribution < -0.4 is 0 Å². The van der Waals surface area contributed by atoms with Crippen LogP contribution in [0.15, 0.2) is 60.7 Å². The molecule has 148 valence electrons. The van der Waals surface area contributed by atoms with Crippen molar-refractivity contribution in [2.24, 2.45) is 0 Å². The Kier molecular flexibility index (Phi) is 5.38. The van der Waals surface area contributed by atoms with Crippen LogP contribution in [0.5, 0.6) is 0 Å². The number of aromatic nitrogens is 1. The lowest BCUT2D eigenvalue weighted by molar-refractivity contribution is -0.131. The summed E-state index contributed by atoms with van der Waals surface area (Å²) in [4.78, 5) is 19.4. The Morgan fingerprint density at radius 2 is 1.83 bits per heavy atom. The third kappa shape index (κ3) is 4.19. The Labute approximate surface area is 169 Å². The molecule has 0 N–H and O–H groups in total. The molecule has 0 unspecified atom stereocenters.